The highest BCUT2D eigenvalue weighted by Gasteiger charge is 2.34. The first-order valence-electron chi connectivity index (χ1n) is 6.22. The molecular formula is C13H16BrF3N2O. The van der Waals surface area contributed by atoms with Crippen molar-refractivity contribution in [1.82, 2.24) is 5.32 Å². The maximum atomic E-state index is 12.5. The summed E-state index contributed by atoms with van der Waals surface area (Å²) in [5, 5.41) is 3.32. The largest absolute Gasteiger partial charge is 0.573 e. The van der Waals surface area contributed by atoms with Crippen molar-refractivity contribution in [2.45, 2.75) is 25.7 Å². The van der Waals surface area contributed by atoms with Gasteiger partial charge in [-0.25, -0.2) is 0 Å². The van der Waals surface area contributed by atoms with Gasteiger partial charge in [-0.2, -0.15) is 0 Å². The molecule has 1 N–H and O–H groups in total. The minimum atomic E-state index is -4.70. The Labute approximate surface area is 124 Å². The molecule has 0 aliphatic carbocycles. The van der Waals surface area contributed by atoms with E-state index in [1.807, 2.05) is 18.7 Å². The topological polar surface area (TPSA) is 24.5 Å². The van der Waals surface area contributed by atoms with Crippen LogP contribution >= 0.6 is 15.9 Å². The Morgan fingerprint density at radius 3 is 2.65 bits per heavy atom. The summed E-state index contributed by atoms with van der Waals surface area (Å²) in [6.45, 7) is 6.00. The van der Waals surface area contributed by atoms with E-state index in [0.717, 1.165) is 0 Å². The van der Waals surface area contributed by atoms with Gasteiger partial charge in [0.25, 0.3) is 0 Å². The third-order valence-corrected chi connectivity index (χ3v) is 3.55. The minimum Gasteiger partial charge on any atom is -0.404 e. The Balaban J connectivity index is 2.31. The molecule has 112 valence electrons. The van der Waals surface area contributed by atoms with Crippen LogP contribution in [0.4, 0.5) is 18.9 Å². The summed E-state index contributed by atoms with van der Waals surface area (Å²) in [7, 11) is 0. The average Bonchev–Trinajstić information content (AvgIpc) is 2.25. The zero-order valence-electron chi connectivity index (χ0n) is 11.2. The van der Waals surface area contributed by atoms with Gasteiger partial charge in [-0.15, -0.1) is 13.2 Å². The van der Waals surface area contributed by atoms with Crippen molar-refractivity contribution in [2.24, 2.45) is 0 Å². The van der Waals surface area contributed by atoms with Crippen LogP contribution < -0.4 is 15.0 Å². The highest BCUT2D eigenvalue weighted by molar-refractivity contribution is 9.10. The van der Waals surface area contributed by atoms with Gasteiger partial charge in [0.1, 0.15) is 0 Å². The quantitative estimate of drug-likeness (QED) is 0.880. The summed E-state index contributed by atoms with van der Waals surface area (Å²) in [6, 6.07) is 4.71. The van der Waals surface area contributed by atoms with Crippen LogP contribution in [0.15, 0.2) is 22.7 Å². The van der Waals surface area contributed by atoms with E-state index in [1.165, 1.54) is 6.07 Å². The van der Waals surface area contributed by atoms with Crippen molar-refractivity contribution in [3.05, 3.63) is 22.7 Å². The number of benzene rings is 1. The zero-order valence-corrected chi connectivity index (χ0v) is 12.8. The molecule has 1 saturated heterocycles. The minimum absolute atomic E-state index is 0.152. The number of halogens is 4. The van der Waals surface area contributed by atoms with Crippen molar-refractivity contribution < 1.29 is 17.9 Å². The van der Waals surface area contributed by atoms with Crippen LogP contribution in [0.2, 0.25) is 0 Å². The lowest BCUT2D eigenvalue weighted by atomic mass is 10.0. The lowest BCUT2D eigenvalue weighted by Gasteiger charge is -2.40. The Kier molecular flexibility index (Phi) is 4.20. The molecule has 0 saturated carbocycles. The van der Waals surface area contributed by atoms with Gasteiger partial charge in [-0.05, 0) is 32.0 Å². The Morgan fingerprint density at radius 1 is 1.35 bits per heavy atom. The molecule has 0 atom stereocenters. The monoisotopic (exact) mass is 352 g/mol. The molecule has 1 aromatic carbocycles. The van der Waals surface area contributed by atoms with Crippen molar-refractivity contribution >= 4 is 21.6 Å². The number of hydrogen-bond acceptors (Lipinski definition) is 3. The Bertz CT molecular complexity index is 491. The molecule has 1 aliphatic rings. The standard InChI is InChI=1S/C13H16BrF3N2O/c1-12(2)8-19(6-5-18-12)10-4-3-9(14)7-11(10)20-13(15,16)17/h3-4,7,18H,5-6,8H2,1-2H3. The molecular weight excluding hydrogens is 337 g/mol. The molecule has 1 aliphatic heterocycles. The molecule has 20 heavy (non-hydrogen) atoms. The fourth-order valence-corrected chi connectivity index (χ4v) is 2.64. The van der Waals surface area contributed by atoms with E-state index in [0.29, 0.717) is 29.8 Å². The lowest BCUT2D eigenvalue weighted by molar-refractivity contribution is -0.274. The van der Waals surface area contributed by atoms with Crippen molar-refractivity contribution in [2.75, 3.05) is 24.5 Å². The van der Waals surface area contributed by atoms with Gasteiger partial charge in [0.05, 0.1) is 5.69 Å². The summed E-state index contributed by atoms with van der Waals surface area (Å²) in [4.78, 5) is 1.91. The van der Waals surface area contributed by atoms with Crippen LogP contribution in [0.1, 0.15) is 13.8 Å². The summed E-state index contributed by atoms with van der Waals surface area (Å²) >= 11 is 3.17. The normalized spacial score (nSPS) is 19.0. The van der Waals surface area contributed by atoms with Crippen LogP contribution in [0.25, 0.3) is 0 Å². The van der Waals surface area contributed by atoms with E-state index in [2.05, 4.69) is 26.0 Å². The molecule has 3 nitrogen and oxygen atoms in total. The summed E-state index contributed by atoms with van der Waals surface area (Å²) in [5.41, 5.74) is 0.306. The highest BCUT2D eigenvalue weighted by atomic mass is 79.9. The summed E-state index contributed by atoms with van der Waals surface area (Å²) < 4.78 is 42.2. The van der Waals surface area contributed by atoms with Gasteiger partial charge in [-0.1, -0.05) is 15.9 Å². The first-order valence-corrected chi connectivity index (χ1v) is 7.01. The van der Waals surface area contributed by atoms with E-state index in [1.54, 1.807) is 12.1 Å². The maximum Gasteiger partial charge on any atom is 0.573 e. The number of hydrogen-bond donors (Lipinski definition) is 1. The fraction of sp³-hybridized carbons (Fsp3) is 0.538. The molecule has 2 rings (SSSR count). The van der Waals surface area contributed by atoms with E-state index in [9.17, 15) is 13.2 Å². The van der Waals surface area contributed by atoms with Crippen LogP contribution in [-0.2, 0) is 0 Å². The van der Waals surface area contributed by atoms with Crippen LogP contribution in [0.5, 0.6) is 5.75 Å². The smallest absolute Gasteiger partial charge is 0.404 e. The maximum absolute atomic E-state index is 12.5. The molecule has 0 aromatic heterocycles. The molecule has 0 radical (unpaired) electrons. The molecule has 0 unspecified atom stereocenters. The fourth-order valence-electron chi connectivity index (χ4n) is 2.30. The second-order valence-corrected chi connectivity index (χ2v) is 6.31. The summed E-state index contributed by atoms with van der Waals surface area (Å²) in [6.07, 6.45) is -4.70. The number of rotatable bonds is 2. The van der Waals surface area contributed by atoms with E-state index in [-0.39, 0.29) is 11.3 Å². The molecule has 0 bridgehead atoms. The van der Waals surface area contributed by atoms with Gasteiger partial charge in [0.2, 0.25) is 0 Å². The summed E-state index contributed by atoms with van der Waals surface area (Å²) in [5.74, 6) is -0.176. The second-order valence-electron chi connectivity index (χ2n) is 5.39. The van der Waals surface area contributed by atoms with Crippen LogP contribution in [0.3, 0.4) is 0 Å². The molecule has 0 spiro atoms. The van der Waals surface area contributed by atoms with Crippen molar-refractivity contribution in [3.8, 4) is 5.75 Å². The molecule has 1 fully saturated rings. The molecule has 1 aromatic rings. The lowest BCUT2D eigenvalue weighted by Crippen LogP contribution is -2.57. The van der Waals surface area contributed by atoms with Crippen LogP contribution in [0, 0.1) is 0 Å². The van der Waals surface area contributed by atoms with Gasteiger partial charge in [-0.3, -0.25) is 0 Å². The van der Waals surface area contributed by atoms with Crippen molar-refractivity contribution in [3.63, 3.8) is 0 Å². The number of alkyl halides is 3. The van der Waals surface area contributed by atoms with Gasteiger partial charge in [0.15, 0.2) is 5.75 Å². The first-order chi connectivity index (χ1) is 9.16. The highest BCUT2D eigenvalue weighted by Crippen LogP contribution is 2.36. The van der Waals surface area contributed by atoms with E-state index < -0.39 is 6.36 Å². The SMILES string of the molecule is CC1(C)CN(c2ccc(Br)cc2OC(F)(F)F)CCN1. The number of piperazine rings is 1. The molecule has 1 heterocycles. The predicted molar refractivity (Wildman–Crippen MR) is 75.1 cm³/mol. The predicted octanol–water partition coefficient (Wildman–Crippen LogP) is 3.54. The number of anilines is 1. The first kappa shape index (κ1) is 15.4. The van der Waals surface area contributed by atoms with Gasteiger partial charge >= 0.3 is 6.36 Å². The van der Waals surface area contributed by atoms with Gasteiger partial charge < -0.3 is 15.0 Å². The molecule has 0 amide bonds. The van der Waals surface area contributed by atoms with Gasteiger partial charge in [0, 0.05) is 29.6 Å². The Hall–Kier alpha value is -0.950. The number of ether oxygens (including phenoxy) is 1. The van der Waals surface area contributed by atoms with E-state index >= 15 is 0 Å². The zero-order chi connectivity index (χ0) is 15.0. The second kappa shape index (κ2) is 5.44. The third-order valence-electron chi connectivity index (χ3n) is 3.06. The average molecular weight is 353 g/mol. The van der Waals surface area contributed by atoms with E-state index in [4.69, 9.17) is 0 Å². The van der Waals surface area contributed by atoms with Crippen LogP contribution in [-0.4, -0.2) is 31.5 Å². The number of nitrogens with zero attached hydrogens (tertiary/aromatic N) is 1. The third kappa shape index (κ3) is 4.02. The Morgan fingerprint density at radius 2 is 2.05 bits per heavy atom. The molecule has 7 heteroatoms. The van der Waals surface area contributed by atoms with Crippen molar-refractivity contribution in [1.29, 1.82) is 0 Å². The number of nitrogens with one attached hydrogen (secondary N) is 1.